The van der Waals surface area contributed by atoms with Gasteiger partial charge in [-0.2, -0.15) is 18.2 Å². The number of piperazine rings is 1. The summed E-state index contributed by atoms with van der Waals surface area (Å²) >= 11 is 0. The molecule has 0 radical (unpaired) electrons. The van der Waals surface area contributed by atoms with Crippen molar-refractivity contribution >= 4 is 56.0 Å². The SMILES string of the molecule is Cc1cc(S(=O)(=O)NC2CC(N3CCN(CC4CCN(c5ccc6c(c5F)n(C)c(=O)n6C5CCC(=O)NC5=O)CC4)CC3)C2)ccc1Nc1ncc(C(F)(F)F)c(N2CCCC(C)(O)C2)n1. The molecule has 1 saturated carbocycles. The average Bonchev–Trinajstić information content (AvgIpc) is 3.51. The summed E-state index contributed by atoms with van der Waals surface area (Å²) in [6.45, 7) is 9.38. The van der Waals surface area contributed by atoms with Crippen molar-refractivity contribution in [1.29, 1.82) is 0 Å². The number of anilines is 4. The summed E-state index contributed by atoms with van der Waals surface area (Å²) in [5.74, 6) is -1.42. The quantitative estimate of drug-likeness (QED) is 0.125. The number of fused-ring (bicyclic) bond motifs is 1. The van der Waals surface area contributed by atoms with Crippen LogP contribution in [0, 0.1) is 18.7 Å². The maximum absolute atomic E-state index is 16.2. The second-order valence-electron chi connectivity index (χ2n) is 19.2. The third kappa shape index (κ3) is 9.64. The highest BCUT2D eigenvalue weighted by Gasteiger charge is 2.41. The van der Waals surface area contributed by atoms with Crippen molar-refractivity contribution in [2.24, 2.45) is 13.0 Å². The van der Waals surface area contributed by atoms with Gasteiger partial charge in [0.05, 0.1) is 21.7 Å². The van der Waals surface area contributed by atoms with Crippen LogP contribution >= 0.6 is 0 Å². The minimum Gasteiger partial charge on any atom is -0.388 e. The normalized spacial score (nSPS) is 25.1. The Hall–Kier alpha value is -5.16. The first-order chi connectivity index (χ1) is 31.7. The van der Waals surface area contributed by atoms with Gasteiger partial charge in [-0.25, -0.2) is 27.3 Å². The standard InChI is InChI=1S/C45H57F4N11O6S/c1-27-21-31(5-6-33(27)51-42-50-24-32(45(47,48)49)40(53-42)59-14-4-13-44(2,64)26-59)67(65,66)54-29-22-30(23-29)57-19-17-56(18-20-57)25-28-11-15-58(16-12-28)34-7-8-35-39(38(34)46)55(3)43(63)60(35)36-9-10-37(61)52-41(36)62/h5-8,21,24,28-30,36,54,64H,4,9-20,22-23,25-26H2,1-3H3,(H,50,51,53)(H,52,61,62). The number of aromatic nitrogens is 4. The van der Waals surface area contributed by atoms with E-state index in [9.17, 15) is 41.1 Å². The van der Waals surface area contributed by atoms with Crippen LogP contribution in [-0.2, 0) is 32.8 Å². The Kier molecular flexibility index (Phi) is 12.6. The molecule has 4 aliphatic heterocycles. The third-order valence-corrected chi connectivity index (χ3v) is 15.8. The summed E-state index contributed by atoms with van der Waals surface area (Å²) in [5.41, 5.74) is -0.825. The zero-order valence-electron chi connectivity index (χ0n) is 37.8. The van der Waals surface area contributed by atoms with Crippen LogP contribution in [-0.4, -0.2) is 131 Å². The molecule has 5 aliphatic rings. The van der Waals surface area contributed by atoms with E-state index in [2.05, 4.69) is 35.1 Å². The van der Waals surface area contributed by atoms with Gasteiger partial charge in [0.1, 0.15) is 22.9 Å². The van der Waals surface area contributed by atoms with E-state index in [1.807, 2.05) is 4.90 Å². The van der Waals surface area contributed by atoms with Gasteiger partial charge in [0, 0.05) is 96.3 Å². The fourth-order valence-electron chi connectivity index (χ4n) is 10.5. The van der Waals surface area contributed by atoms with Crippen LogP contribution in [0.25, 0.3) is 11.0 Å². The Morgan fingerprint density at radius 3 is 2.37 bits per heavy atom. The van der Waals surface area contributed by atoms with Gasteiger partial charge < -0.3 is 25.1 Å². The van der Waals surface area contributed by atoms with Gasteiger partial charge in [0.2, 0.25) is 27.8 Å². The van der Waals surface area contributed by atoms with Crippen molar-refractivity contribution < 1.29 is 40.7 Å². The van der Waals surface area contributed by atoms with Gasteiger partial charge in [-0.05, 0) is 101 Å². The number of nitrogens with one attached hydrogen (secondary N) is 3. The van der Waals surface area contributed by atoms with E-state index < -0.39 is 50.8 Å². The predicted molar refractivity (Wildman–Crippen MR) is 242 cm³/mol. The zero-order chi connectivity index (χ0) is 47.6. The number of β-amino-alcohol motifs (C(OH)–C–C–N with tert-alkyl or cyclic N) is 1. The number of benzene rings is 2. The smallest absolute Gasteiger partial charge is 0.388 e. The lowest BCUT2D eigenvalue weighted by Gasteiger charge is -2.47. The molecule has 2 aromatic carbocycles. The predicted octanol–water partition coefficient (Wildman–Crippen LogP) is 4.01. The number of hydrogen-bond acceptors (Lipinski definition) is 13. The highest BCUT2D eigenvalue weighted by atomic mass is 32.2. The number of rotatable bonds is 11. The molecule has 362 valence electrons. The molecule has 4 saturated heterocycles. The van der Waals surface area contributed by atoms with E-state index in [0.29, 0.717) is 73.7 Å². The van der Waals surface area contributed by atoms with Crippen LogP contribution in [0.4, 0.5) is 40.7 Å². The Labute approximate surface area is 385 Å². The van der Waals surface area contributed by atoms with Crippen molar-refractivity contribution in [2.45, 2.75) is 100 Å². The summed E-state index contributed by atoms with van der Waals surface area (Å²) in [6.07, 6.45) is 0.403. The second kappa shape index (κ2) is 18.1. The lowest BCUT2D eigenvalue weighted by Crippen LogP contribution is -2.58. The van der Waals surface area contributed by atoms with E-state index in [1.165, 1.54) is 33.2 Å². The molecule has 67 heavy (non-hydrogen) atoms. The maximum Gasteiger partial charge on any atom is 0.421 e. The molecule has 5 fully saturated rings. The van der Waals surface area contributed by atoms with Crippen LogP contribution < -0.4 is 30.8 Å². The number of piperidine rings is 3. The van der Waals surface area contributed by atoms with E-state index in [-0.39, 0.29) is 59.6 Å². The summed E-state index contributed by atoms with van der Waals surface area (Å²) < 4.78 is 90.4. The van der Waals surface area contributed by atoms with Gasteiger partial charge in [-0.3, -0.25) is 28.9 Å². The van der Waals surface area contributed by atoms with Gasteiger partial charge in [-0.1, -0.05) is 0 Å². The minimum absolute atomic E-state index is 0.0138. The Morgan fingerprint density at radius 1 is 0.970 bits per heavy atom. The number of amides is 2. The van der Waals surface area contributed by atoms with Crippen molar-refractivity contribution in [2.75, 3.05) is 74.0 Å². The van der Waals surface area contributed by atoms with E-state index in [0.717, 1.165) is 51.8 Å². The van der Waals surface area contributed by atoms with Crippen LogP contribution in [0.3, 0.4) is 0 Å². The van der Waals surface area contributed by atoms with Crippen molar-refractivity contribution in [1.82, 2.24) is 38.9 Å². The number of imidazole rings is 1. The molecule has 4 aromatic rings. The molecule has 2 unspecified atom stereocenters. The molecule has 4 N–H and O–H groups in total. The molecule has 2 aromatic heterocycles. The molecule has 22 heteroatoms. The summed E-state index contributed by atoms with van der Waals surface area (Å²) in [4.78, 5) is 54.1. The van der Waals surface area contributed by atoms with E-state index >= 15 is 4.39 Å². The number of carbonyl (C=O) groups excluding carboxylic acids is 2. The molecule has 6 heterocycles. The van der Waals surface area contributed by atoms with Crippen molar-refractivity contribution in [3.8, 4) is 0 Å². The second-order valence-corrected chi connectivity index (χ2v) is 20.9. The van der Waals surface area contributed by atoms with Crippen LogP contribution in [0.5, 0.6) is 0 Å². The average molecular weight is 956 g/mol. The Bertz CT molecular complexity index is 2720. The molecular weight excluding hydrogens is 899 g/mol. The van der Waals surface area contributed by atoms with Crippen LogP contribution in [0.15, 0.2) is 46.2 Å². The fourth-order valence-corrected chi connectivity index (χ4v) is 11.9. The first kappa shape index (κ1) is 46.9. The fraction of sp³-hybridized carbons (Fsp3) is 0.578. The zero-order valence-corrected chi connectivity index (χ0v) is 38.6. The van der Waals surface area contributed by atoms with Gasteiger partial charge >= 0.3 is 11.9 Å². The topological polar surface area (TPSA) is 190 Å². The number of hydrogen-bond donors (Lipinski definition) is 4. The first-order valence-corrected chi connectivity index (χ1v) is 24.5. The van der Waals surface area contributed by atoms with Crippen molar-refractivity contribution in [3.05, 3.63) is 64.0 Å². The molecule has 2 amide bonds. The van der Waals surface area contributed by atoms with E-state index in [4.69, 9.17) is 0 Å². The summed E-state index contributed by atoms with van der Waals surface area (Å²) in [5, 5.41) is 15.8. The molecule has 1 aliphatic carbocycles. The molecular formula is C45H57F4N11O6S. The maximum atomic E-state index is 16.2. The third-order valence-electron chi connectivity index (χ3n) is 14.3. The monoisotopic (exact) mass is 955 g/mol. The van der Waals surface area contributed by atoms with Crippen molar-refractivity contribution in [3.63, 3.8) is 0 Å². The minimum atomic E-state index is -4.70. The van der Waals surface area contributed by atoms with Gasteiger partial charge in [-0.15, -0.1) is 0 Å². The molecule has 0 bridgehead atoms. The van der Waals surface area contributed by atoms with Crippen LogP contribution in [0.2, 0.25) is 0 Å². The number of aryl methyl sites for hydroxylation is 2. The van der Waals surface area contributed by atoms with Gasteiger partial charge in [0.15, 0.2) is 5.82 Å². The number of sulfonamides is 1. The lowest BCUT2D eigenvalue weighted by molar-refractivity contribution is -0.138. The molecule has 2 atom stereocenters. The Balaban J connectivity index is 0.733. The molecule has 0 spiro atoms. The van der Waals surface area contributed by atoms with E-state index in [1.54, 1.807) is 32.0 Å². The summed E-state index contributed by atoms with van der Waals surface area (Å²) in [7, 11) is -2.37. The molecule has 17 nitrogen and oxygen atoms in total. The number of alkyl halides is 3. The molecule has 9 rings (SSSR count). The Morgan fingerprint density at radius 2 is 1.70 bits per heavy atom. The highest BCUT2D eigenvalue weighted by molar-refractivity contribution is 7.89. The number of imide groups is 1. The number of carbonyl (C=O) groups is 2. The summed E-state index contributed by atoms with van der Waals surface area (Å²) in [6, 6.07) is 7.02. The number of aliphatic hydroxyl groups is 1. The highest BCUT2D eigenvalue weighted by Crippen LogP contribution is 2.39. The lowest BCUT2D eigenvalue weighted by atomic mass is 9.86. The number of nitrogens with zero attached hydrogens (tertiary/aromatic N) is 8. The number of halogens is 4. The van der Waals surface area contributed by atoms with Gasteiger partial charge in [0.25, 0.3) is 0 Å². The van der Waals surface area contributed by atoms with Crippen LogP contribution in [0.1, 0.15) is 75.5 Å². The first-order valence-electron chi connectivity index (χ1n) is 23.0. The largest absolute Gasteiger partial charge is 0.421 e.